The lowest BCUT2D eigenvalue weighted by atomic mass is 9.83. The van der Waals surface area contributed by atoms with Crippen molar-refractivity contribution in [3.63, 3.8) is 0 Å². The molecule has 40 heavy (non-hydrogen) atoms. The molecule has 3 aromatic rings. The van der Waals surface area contributed by atoms with Gasteiger partial charge in [-0.15, -0.1) is 0 Å². The molecule has 3 aromatic carbocycles. The Kier molecular flexibility index (Phi) is 7.36. The van der Waals surface area contributed by atoms with Gasteiger partial charge in [0.1, 0.15) is 13.2 Å². The quantitative estimate of drug-likeness (QED) is 0.355. The second-order valence-electron chi connectivity index (χ2n) is 11.5. The number of amides is 1. The molecule has 0 radical (unpaired) electrons. The minimum Gasteiger partial charge on any atom is -0.486 e. The first-order chi connectivity index (χ1) is 19.0. The Bertz CT molecular complexity index is 1470. The van der Waals surface area contributed by atoms with Crippen molar-refractivity contribution in [2.75, 3.05) is 20.3 Å². The van der Waals surface area contributed by atoms with Crippen LogP contribution < -0.4 is 9.47 Å². The SMILES string of the molecule is COC(=O)[C@@H](OC(C)(C)C)c1c(C)c2c(c(C)c1-c1ccc(C)cc1)CN(C(=O)c1cccc3c1OCCO3)C2. The maximum atomic E-state index is 13.9. The monoisotopic (exact) mass is 543 g/mol. The van der Waals surface area contributed by atoms with E-state index in [1.807, 2.05) is 51.7 Å². The molecule has 1 atom stereocenters. The van der Waals surface area contributed by atoms with Gasteiger partial charge in [-0.25, -0.2) is 4.79 Å². The van der Waals surface area contributed by atoms with E-state index < -0.39 is 17.7 Å². The lowest BCUT2D eigenvalue weighted by molar-refractivity contribution is -0.164. The number of rotatable bonds is 5. The van der Waals surface area contributed by atoms with E-state index in [9.17, 15) is 9.59 Å². The molecule has 5 rings (SSSR count). The molecule has 2 heterocycles. The van der Waals surface area contributed by atoms with E-state index in [1.165, 1.54) is 7.11 Å². The molecule has 0 saturated carbocycles. The van der Waals surface area contributed by atoms with E-state index in [4.69, 9.17) is 18.9 Å². The van der Waals surface area contributed by atoms with Gasteiger partial charge in [0.2, 0.25) is 0 Å². The molecule has 2 aliphatic heterocycles. The molecular formula is C33H37NO6. The first kappa shape index (κ1) is 27.7. The van der Waals surface area contributed by atoms with E-state index >= 15 is 0 Å². The number of methoxy groups -OCH3 is 1. The first-order valence-corrected chi connectivity index (χ1v) is 13.7. The predicted octanol–water partition coefficient (Wildman–Crippen LogP) is 6.24. The van der Waals surface area contributed by atoms with Gasteiger partial charge in [0.15, 0.2) is 17.6 Å². The van der Waals surface area contributed by atoms with Gasteiger partial charge in [-0.1, -0.05) is 35.9 Å². The van der Waals surface area contributed by atoms with Gasteiger partial charge in [-0.2, -0.15) is 0 Å². The topological polar surface area (TPSA) is 74.3 Å². The molecule has 0 unspecified atom stereocenters. The summed E-state index contributed by atoms with van der Waals surface area (Å²) in [6.45, 7) is 13.6. The zero-order valence-corrected chi connectivity index (χ0v) is 24.3. The van der Waals surface area contributed by atoms with Gasteiger partial charge in [-0.05, 0) is 87.1 Å². The molecule has 2 aliphatic rings. The lowest BCUT2D eigenvalue weighted by Crippen LogP contribution is -2.29. The highest BCUT2D eigenvalue weighted by Gasteiger charge is 2.37. The highest BCUT2D eigenvalue weighted by Crippen LogP contribution is 2.44. The third-order valence-electron chi connectivity index (χ3n) is 7.59. The van der Waals surface area contributed by atoms with Crippen LogP contribution in [0.4, 0.5) is 0 Å². The lowest BCUT2D eigenvalue weighted by Gasteiger charge is -2.30. The number of aryl methyl sites for hydroxylation is 1. The number of nitrogens with zero attached hydrogens (tertiary/aromatic N) is 1. The summed E-state index contributed by atoms with van der Waals surface area (Å²) in [4.78, 5) is 28.9. The average molecular weight is 544 g/mol. The Morgan fingerprint density at radius 3 is 2.20 bits per heavy atom. The summed E-state index contributed by atoms with van der Waals surface area (Å²) in [5.74, 6) is 0.509. The molecule has 210 valence electrons. The Balaban J connectivity index is 1.65. The van der Waals surface area contributed by atoms with E-state index in [-0.39, 0.29) is 5.91 Å². The Morgan fingerprint density at radius 2 is 1.55 bits per heavy atom. The van der Waals surface area contributed by atoms with Crippen LogP contribution in [0.25, 0.3) is 11.1 Å². The van der Waals surface area contributed by atoms with Crippen molar-refractivity contribution in [3.05, 3.63) is 81.4 Å². The molecular weight excluding hydrogens is 506 g/mol. The van der Waals surface area contributed by atoms with Gasteiger partial charge < -0.3 is 23.8 Å². The Hall–Kier alpha value is -3.84. The highest BCUT2D eigenvalue weighted by atomic mass is 16.6. The molecule has 0 fully saturated rings. The highest BCUT2D eigenvalue weighted by molar-refractivity contribution is 5.98. The summed E-state index contributed by atoms with van der Waals surface area (Å²) >= 11 is 0. The number of benzene rings is 3. The summed E-state index contributed by atoms with van der Waals surface area (Å²) in [6, 6.07) is 13.7. The third-order valence-corrected chi connectivity index (χ3v) is 7.59. The molecule has 1 amide bonds. The van der Waals surface area contributed by atoms with Crippen LogP contribution in [-0.4, -0.2) is 42.7 Å². The van der Waals surface area contributed by atoms with Crippen molar-refractivity contribution >= 4 is 11.9 Å². The fourth-order valence-corrected chi connectivity index (χ4v) is 5.68. The minimum atomic E-state index is -0.929. The van der Waals surface area contributed by atoms with Crippen LogP contribution in [-0.2, 0) is 27.4 Å². The van der Waals surface area contributed by atoms with Crippen LogP contribution in [0.5, 0.6) is 11.5 Å². The van der Waals surface area contributed by atoms with Crippen LogP contribution >= 0.6 is 0 Å². The number of carbonyl (C=O) groups is 2. The van der Waals surface area contributed by atoms with Crippen molar-refractivity contribution in [1.82, 2.24) is 4.90 Å². The van der Waals surface area contributed by atoms with Crippen molar-refractivity contribution in [2.45, 2.75) is 66.3 Å². The number of hydrogen-bond acceptors (Lipinski definition) is 6. The standard InChI is InChI=1S/C33H37NO6/c1-19-11-13-22(14-12-19)27-20(2)24-17-34(31(35)23-9-8-10-26-29(23)39-16-15-38-26)18-25(24)21(3)28(27)30(32(36)37-7)40-33(4,5)6/h8-14,30H,15-18H2,1-7H3/t30-/m0/s1. The van der Waals surface area contributed by atoms with Crippen LogP contribution in [0, 0.1) is 20.8 Å². The van der Waals surface area contributed by atoms with Gasteiger partial charge >= 0.3 is 5.97 Å². The number of esters is 1. The van der Waals surface area contributed by atoms with Gasteiger partial charge in [-0.3, -0.25) is 4.79 Å². The maximum absolute atomic E-state index is 13.9. The number of hydrogen-bond donors (Lipinski definition) is 0. The molecule has 0 aliphatic carbocycles. The maximum Gasteiger partial charge on any atom is 0.339 e. The minimum absolute atomic E-state index is 0.119. The van der Waals surface area contributed by atoms with E-state index in [2.05, 4.69) is 31.2 Å². The van der Waals surface area contributed by atoms with Crippen molar-refractivity contribution in [1.29, 1.82) is 0 Å². The Morgan fingerprint density at radius 1 is 0.900 bits per heavy atom. The van der Waals surface area contributed by atoms with E-state index in [0.717, 1.165) is 44.5 Å². The fraction of sp³-hybridized carbons (Fsp3) is 0.394. The fourth-order valence-electron chi connectivity index (χ4n) is 5.68. The molecule has 7 nitrogen and oxygen atoms in total. The normalized spacial score (nSPS) is 15.0. The molecule has 0 saturated heterocycles. The molecule has 0 spiro atoms. The van der Waals surface area contributed by atoms with Crippen LogP contribution in [0.2, 0.25) is 0 Å². The number of ether oxygens (including phenoxy) is 4. The number of carbonyl (C=O) groups excluding carboxylic acids is 2. The zero-order chi connectivity index (χ0) is 28.8. The van der Waals surface area contributed by atoms with Crippen LogP contribution in [0.1, 0.15) is 70.6 Å². The van der Waals surface area contributed by atoms with Crippen molar-refractivity contribution < 1.29 is 28.5 Å². The molecule has 7 heteroatoms. The van der Waals surface area contributed by atoms with Crippen molar-refractivity contribution in [3.8, 4) is 22.6 Å². The second-order valence-corrected chi connectivity index (χ2v) is 11.5. The van der Waals surface area contributed by atoms with E-state index in [1.54, 1.807) is 6.07 Å². The molecule has 0 aromatic heterocycles. The van der Waals surface area contributed by atoms with Crippen molar-refractivity contribution in [2.24, 2.45) is 0 Å². The smallest absolute Gasteiger partial charge is 0.339 e. The number of fused-ring (bicyclic) bond motifs is 2. The van der Waals surface area contributed by atoms with Gasteiger partial charge in [0.25, 0.3) is 5.91 Å². The largest absolute Gasteiger partial charge is 0.486 e. The summed E-state index contributed by atoms with van der Waals surface area (Å²) in [5, 5.41) is 0. The second kappa shape index (κ2) is 10.6. The summed E-state index contributed by atoms with van der Waals surface area (Å²) < 4.78 is 23.2. The van der Waals surface area contributed by atoms with Gasteiger partial charge in [0, 0.05) is 18.7 Å². The first-order valence-electron chi connectivity index (χ1n) is 13.7. The molecule has 0 bridgehead atoms. The predicted molar refractivity (Wildman–Crippen MR) is 153 cm³/mol. The van der Waals surface area contributed by atoms with Crippen LogP contribution in [0.15, 0.2) is 42.5 Å². The zero-order valence-electron chi connectivity index (χ0n) is 24.3. The third kappa shape index (κ3) is 5.06. The number of para-hydroxylation sites is 1. The summed E-state index contributed by atoms with van der Waals surface area (Å²) in [6.07, 6.45) is -0.929. The molecule has 0 N–H and O–H groups in total. The Labute approximate surface area is 236 Å². The van der Waals surface area contributed by atoms with E-state index in [0.29, 0.717) is 43.4 Å². The van der Waals surface area contributed by atoms with Crippen LogP contribution in [0.3, 0.4) is 0 Å². The summed E-state index contributed by atoms with van der Waals surface area (Å²) in [5.41, 5.74) is 7.83. The summed E-state index contributed by atoms with van der Waals surface area (Å²) in [7, 11) is 1.38. The average Bonchev–Trinajstić information content (AvgIpc) is 3.39. The van der Waals surface area contributed by atoms with Gasteiger partial charge in [0.05, 0.1) is 18.3 Å².